The maximum absolute atomic E-state index is 11.3. The van der Waals surface area contributed by atoms with Crippen LogP contribution in [0.2, 0.25) is 0 Å². The van der Waals surface area contributed by atoms with E-state index >= 15 is 0 Å². The van der Waals surface area contributed by atoms with E-state index in [1.165, 1.54) is 17.5 Å². The summed E-state index contributed by atoms with van der Waals surface area (Å²) in [5.74, 6) is 0.904. The molecule has 150 valence electrons. The van der Waals surface area contributed by atoms with Gasteiger partial charge in [-0.25, -0.2) is 4.98 Å². The highest BCUT2D eigenvalue weighted by atomic mass is 32.1. The normalized spacial score (nSPS) is 23.6. The largest absolute Gasteiger partial charge is 0.431 e. The maximum Gasteiger partial charge on any atom is 0.279 e. The van der Waals surface area contributed by atoms with Crippen LogP contribution in [0.25, 0.3) is 10.2 Å². The van der Waals surface area contributed by atoms with Crippen molar-refractivity contribution in [2.45, 2.75) is 57.8 Å². The van der Waals surface area contributed by atoms with Gasteiger partial charge in [-0.3, -0.25) is 9.69 Å². The highest BCUT2D eigenvalue weighted by Gasteiger charge is 2.45. The summed E-state index contributed by atoms with van der Waals surface area (Å²) < 4.78 is 7.15. The highest BCUT2D eigenvalue weighted by molar-refractivity contribution is 7.20. The summed E-state index contributed by atoms with van der Waals surface area (Å²) >= 11 is 1.58. The van der Waals surface area contributed by atoms with Crippen molar-refractivity contribution in [2.75, 3.05) is 0 Å². The topological polar surface area (TPSA) is 54.5 Å². The number of carbonyl (C=O) groups excluding carboxylic acids is 1. The van der Waals surface area contributed by atoms with E-state index in [2.05, 4.69) is 52.5 Å². The second kappa shape index (κ2) is 7.43. The molecule has 1 amide bonds. The lowest BCUT2D eigenvalue weighted by Crippen LogP contribution is -2.63. The molecule has 6 heteroatoms. The number of nitrogens with one attached hydrogen (secondary N) is 1. The fourth-order valence-electron chi connectivity index (χ4n) is 4.71. The summed E-state index contributed by atoms with van der Waals surface area (Å²) in [7, 11) is 0. The van der Waals surface area contributed by atoms with Gasteiger partial charge < -0.3 is 10.1 Å². The Kier molecular flexibility index (Phi) is 4.76. The van der Waals surface area contributed by atoms with E-state index in [9.17, 15) is 4.79 Å². The van der Waals surface area contributed by atoms with Crippen molar-refractivity contribution >= 4 is 27.5 Å². The van der Waals surface area contributed by atoms with E-state index < -0.39 is 0 Å². The zero-order valence-corrected chi connectivity index (χ0v) is 17.5. The molecule has 1 aliphatic carbocycles. The summed E-state index contributed by atoms with van der Waals surface area (Å²) in [5.41, 5.74) is 3.49. The quantitative estimate of drug-likeness (QED) is 0.670. The molecule has 0 spiro atoms. The van der Waals surface area contributed by atoms with Crippen LogP contribution in [0.1, 0.15) is 37.3 Å². The molecule has 3 aliphatic rings. The minimum Gasteiger partial charge on any atom is -0.431 e. The minimum absolute atomic E-state index is 0.0849. The molecule has 3 atom stereocenters. The number of hydrogen-bond acceptors (Lipinski definition) is 5. The predicted octanol–water partition coefficient (Wildman–Crippen LogP) is 4.64. The Morgan fingerprint density at radius 2 is 1.93 bits per heavy atom. The zero-order valence-electron chi connectivity index (χ0n) is 16.7. The van der Waals surface area contributed by atoms with Crippen LogP contribution in [0.4, 0.5) is 0 Å². The molecule has 2 bridgehead atoms. The lowest BCUT2D eigenvalue weighted by atomic mass is 9.76. The van der Waals surface area contributed by atoms with Gasteiger partial charge in [0.05, 0.1) is 10.2 Å². The fraction of sp³-hybridized carbons (Fsp3) is 0.391. The summed E-state index contributed by atoms with van der Waals surface area (Å²) in [5, 5.41) is 3.77. The molecule has 3 heterocycles. The molecule has 3 fully saturated rings. The Labute approximate surface area is 174 Å². The summed E-state index contributed by atoms with van der Waals surface area (Å²) in [6, 6.07) is 16.1. The Bertz CT molecular complexity index is 1030. The van der Waals surface area contributed by atoms with E-state index in [0.717, 1.165) is 35.4 Å². The van der Waals surface area contributed by atoms with Crippen molar-refractivity contribution in [2.24, 2.45) is 0 Å². The van der Waals surface area contributed by atoms with Gasteiger partial charge in [0.15, 0.2) is 0 Å². The van der Waals surface area contributed by atoms with Crippen molar-refractivity contribution in [3.63, 3.8) is 0 Å². The first kappa shape index (κ1) is 18.6. The van der Waals surface area contributed by atoms with Gasteiger partial charge >= 0.3 is 0 Å². The number of benzene rings is 2. The molecule has 2 unspecified atom stereocenters. The highest BCUT2D eigenvalue weighted by Crippen LogP contribution is 2.39. The molecule has 0 radical (unpaired) electrons. The number of nitrogens with zero attached hydrogens (tertiary/aromatic N) is 2. The van der Waals surface area contributed by atoms with Crippen molar-refractivity contribution in [3.8, 4) is 10.9 Å². The van der Waals surface area contributed by atoms with Gasteiger partial charge in [-0.15, -0.1) is 0 Å². The predicted molar refractivity (Wildman–Crippen MR) is 115 cm³/mol. The van der Waals surface area contributed by atoms with Gasteiger partial charge in [-0.05, 0) is 55.5 Å². The maximum atomic E-state index is 11.3. The number of piperidine rings is 1. The summed E-state index contributed by atoms with van der Waals surface area (Å²) in [4.78, 5) is 18.5. The van der Waals surface area contributed by atoms with E-state index in [4.69, 9.17) is 4.74 Å². The third-order valence-corrected chi connectivity index (χ3v) is 7.00. The van der Waals surface area contributed by atoms with E-state index in [0.29, 0.717) is 23.3 Å². The SMILES string of the molecule is CC(=O)NC1CC2C[C@@H](C1)N2Cc1ccc(Oc2nc3c(C)cccc3s2)cc1. The number of rotatable bonds is 5. The first-order chi connectivity index (χ1) is 14.0. The summed E-state index contributed by atoms with van der Waals surface area (Å²) in [6.07, 6.45) is 3.39. The first-order valence-corrected chi connectivity index (χ1v) is 11.0. The number of carbonyl (C=O) groups is 1. The molecule has 29 heavy (non-hydrogen) atoms. The lowest BCUT2D eigenvalue weighted by Gasteiger charge is -2.55. The number of hydrogen-bond donors (Lipinski definition) is 1. The number of aromatic nitrogens is 1. The van der Waals surface area contributed by atoms with Crippen molar-refractivity contribution < 1.29 is 9.53 Å². The van der Waals surface area contributed by atoms with Gasteiger partial charge in [0.1, 0.15) is 5.75 Å². The number of aryl methyl sites for hydroxylation is 1. The van der Waals surface area contributed by atoms with Crippen molar-refractivity contribution in [1.29, 1.82) is 0 Å². The van der Waals surface area contributed by atoms with Gasteiger partial charge in [0, 0.05) is 31.6 Å². The average molecular weight is 408 g/mol. The van der Waals surface area contributed by atoms with E-state index in [1.807, 2.05) is 12.1 Å². The fourth-order valence-corrected chi connectivity index (χ4v) is 5.62. The monoisotopic (exact) mass is 407 g/mol. The zero-order chi connectivity index (χ0) is 20.0. The average Bonchev–Trinajstić information content (AvgIpc) is 3.11. The third kappa shape index (κ3) is 3.74. The van der Waals surface area contributed by atoms with Crippen LogP contribution in [-0.2, 0) is 11.3 Å². The molecular weight excluding hydrogens is 382 g/mol. The van der Waals surface area contributed by atoms with Gasteiger partial charge in [-0.2, -0.15) is 0 Å². The number of para-hydroxylation sites is 1. The number of thiazole rings is 1. The second-order valence-corrected chi connectivity index (χ2v) is 9.23. The van der Waals surface area contributed by atoms with E-state index in [-0.39, 0.29) is 5.91 Å². The Morgan fingerprint density at radius 3 is 2.62 bits per heavy atom. The molecule has 1 N–H and O–H groups in total. The molecular formula is C23H25N3O2S. The second-order valence-electron chi connectivity index (χ2n) is 8.23. The van der Waals surface area contributed by atoms with Gasteiger partial charge in [0.25, 0.3) is 5.19 Å². The molecule has 6 rings (SSSR count). The van der Waals surface area contributed by atoms with Crippen molar-refractivity contribution in [1.82, 2.24) is 15.2 Å². The molecule has 1 saturated carbocycles. The lowest BCUT2D eigenvalue weighted by molar-refractivity contribution is -0.121. The molecule has 5 nitrogen and oxygen atoms in total. The van der Waals surface area contributed by atoms with E-state index in [1.54, 1.807) is 18.3 Å². The van der Waals surface area contributed by atoms with Crippen molar-refractivity contribution in [3.05, 3.63) is 53.6 Å². The van der Waals surface area contributed by atoms with Gasteiger partial charge in [0.2, 0.25) is 5.91 Å². The van der Waals surface area contributed by atoms with Crippen LogP contribution in [0.5, 0.6) is 10.9 Å². The summed E-state index contributed by atoms with van der Waals surface area (Å²) in [6.45, 7) is 4.64. The van der Waals surface area contributed by atoms with Crippen LogP contribution in [0.3, 0.4) is 0 Å². The number of amides is 1. The Hall–Kier alpha value is -2.44. The Morgan fingerprint density at radius 1 is 1.17 bits per heavy atom. The van der Waals surface area contributed by atoms with Crippen LogP contribution in [0.15, 0.2) is 42.5 Å². The molecule has 2 saturated heterocycles. The first-order valence-electron chi connectivity index (χ1n) is 10.2. The minimum atomic E-state index is 0.0849. The standard InChI is InChI=1S/C23H25N3O2S/c1-14-4-3-5-21-22(14)25-23(29-21)28-20-8-6-16(7-9-20)13-26-18-10-17(24-15(2)27)11-19(26)12-18/h3-9,17-19H,10-13H2,1-2H3,(H,24,27)/t17?,18-,19?/m1/s1. The van der Waals surface area contributed by atoms with Crippen LogP contribution < -0.4 is 10.1 Å². The van der Waals surface area contributed by atoms with Gasteiger partial charge in [-0.1, -0.05) is 35.6 Å². The van der Waals surface area contributed by atoms with Crippen LogP contribution in [0, 0.1) is 6.92 Å². The molecule has 2 aliphatic heterocycles. The molecule has 3 aromatic rings. The third-order valence-electron chi connectivity index (χ3n) is 6.10. The smallest absolute Gasteiger partial charge is 0.279 e. The number of fused-ring (bicyclic) bond motifs is 3. The molecule has 2 aromatic carbocycles. The Balaban J connectivity index is 1.21. The molecule has 1 aromatic heterocycles. The van der Waals surface area contributed by atoms with Crippen LogP contribution >= 0.6 is 11.3 Å². The van der Waals surface area contributed by atoms with Crippen LogP contribution in [-0.4, -0.2) is 33.9 Å². The number of ether oxygens (including phenoxy) is 1.